The predicted octanol–water partition coefficient (Wildman–Crippen LogP) is 4.08. The molecular weight excluding hydrogens is 690 g/mol. The Morgan fingerprint density at radius 2 is 2.03 bits per heavy atom. The van der Waals surface area contributed by atoms with Crippen LogP contribution in [0.4, 0.5) is 10.1 Å². The van der Waals surface area contributed by atoms with Crippen LogP contribution in [-0.2, 0) is 21.2 Å². The molecule has 1 amide bonds. The summed E-state index contributed by atoms with van der Waals surface area (Å²) < 4.78 is 47.8. The lowest BCUT2D eigenvalue weighted by Crippen LogP contribution is -2.42. The Kier molecular flexibility index (Phi) is 7.96. The SMILES string of the molecule is O=C(N[C@@H](Cc1ccc(F)c(Br)c1)C(=O)O)c1ccc(I)cc1NS(=O)(=O)C1=CC=CN2SNC=C12. The van der Waals surface area contributed by atoms with E-state index in [9.17, 15) is 27.5 Å². The van der Waals surface area contributed by atoms with E-state index in [0.29, 0.717) is 14.8 Å². The first kappa shape index (κ1) is 26.5. The van der Waals surface area contributed by atoms with Crippen molar-refractivity contribution in [3.63, 3.8) is 0 Å². The first-order valence-electron chi connectivity index (χ1n) is 10.2. The predicted molar refractivity (Wildman–Crippen MR) is 146 cm³/mol. The maximum absolute atomic E-state index is 13.5. The molecule has 0 aromatic heterocycles. The molecular formula is C22H17BrFIN4O5S2. The van der Waals surface area contributed by atoms with Gasteiger partial charge < -0.3 is 15.1 Å². The molecule has 0 saturated carbocycles. The molecule has 0 saturated heterocycles. The fourth-order valence-electron chi connectivity index (χ4n) is 3.40. The van der Waals surface area contributed by atoms with E-state index < -0.39 is 33.8 Å². The molecule has 2 aliphatic rings. The average Bonchev–Trinajstić information content (AvgIpc) is 3.29. The number of carboxylic acids is 1. The zero-order chi connectivity index (χ0) is 26.0. The summed E-state index contributed by atoms with van der Waals surface area (Å²) in [7, 11) is -4.11. The summed E-state index contributed by atoms with van der Waals surface area (Å²) in [4.78, 5) is 25.0. The molecule has 2 aromatic rings. The van der Waals surface area contributed by atoms with Gasteiger partial charge in [0.1, 0.15) is 16.8 Å². The maximum Gasteiger partial charge on any atom is 0.326 e. The van der Waals surface area contributed by atoms with Gasteiger partial charge in [-0.2, -0.15) is 0 Å². The van der Waals surface area contributed by atoms with E-state index in [-0.39, 0.29) is 27.0 Å². The molecule has 188 valence electrons. The van der Waals surface area contributed by atoms with Crippen LogP contribution in [0.3, 0.4) is 0 Å². The summed E-state index contributed by atoms with van der Waals surface area (Å²) in [5.41, 5.74) is 0.845. The lowest BCUT2D eigenvalue weighted by Gasteiger charge is -2.21. The monoisotopic (exact) mass is 706 g/mol. The van der Waals surface area contributed by atoms with Gasteiger partial charge in [0.25, 0.3) is 15.9 Å². The number of rotatable bonds is 8. The van der Waals surface area contributed by atoms with Gasteiger partial charge in [0, 0.05) is 22.4 Å². The second-order valence-electron chi connectivity index (χ2n) is 7.55. The number of fused-ring (bicyclic) bond motifs is 1. The van der Waals surface area contributed by atoms with Gasteiger partial charge in [-0.1, -0.05) is 6.07 Å². The number of aliphatic carboxylic acids is 1. The number of carbonyl (C=O) groups excluding carboxylic acids is 1. The molecule has 2 aromatic carbocycles. The van der Waals surface area contributed by atoms with E-state index in [0.717, 1.165) is 0 Å². The first-order valence-corrected chi connectivity index (χ1v) is 14.3. The highest BCUT2D eigenvalue weighted by Crippen LogP contribution is 2.34. The van der Waals surface area contributed by atoms with Crippen molar-refractivity contribution in [2.45, 2.75) is 12.5 Å². The minimum absolute atomic E-state index is 0.00183. The Hall–Kier alpha value is -2.56. The van der Waals surface area contributed by atoms with E-state index in [4.69, 9.17) is 0 Å². The van der Waals surface area contributed by atoms with Gasteiger partial charge in [-0.25, -0.2) is 17.6 Å². The number of sulfonamides is 1. The Morgan fingerprint density at radius 1 is 1.25 bits per heavy atom. The summed E-state index contributed by atoms with van der Waals surface area (Å²) in [5.74, 6) is -2.58. The van der Waals surface area contributed by atoms with Crippen molar-refractivity contribution in [3.8, 4) is 0 Å². The molecule has 0 aliphatic carbocycles. The standard InChI is InChI=1S/C22H17BrFIN4O5S2/c23-15-8-12(3-6-16(15)24)9-18(22(31)32)27-21(30)14-5-4-13(25)10-17(14)28-36(33,34)20-2-1-7-29-19(20)11-26-35-29/h1-8,10-11,18,26,28H,9H2,(H,27,30)(H,31,32)/t18-/m0/s1. The van der Waals surface area contributed by atoms with Gasteiger partial charge in [-0.15, -0.1) is 0 Å². The van der Waals surface area contributed by atoms with Crippen LogP contribution >= 0.6 is 50.7 Å². The Bertz CT molecular complexity index is 1450. The molecule has 0 unspecified atom stereocenters. The number of carbonyl (C=O) groups is 2. The first-order chi connectivity index (χ1) is 17.0. The van der Waals surface area contributed by atoms with Crippen molar-refractivity contribution in [1.29, 1.82) is 0 Å². The summed E-state index contributed by atoms with van der Waals surface area (Å²) in [5, 5.41) is 12.1. The highest BCUT2D eigenvalue weighted by atomic mass is 127. The molecule has 14 heteroatoms. The van der Waals surface area contributed by atoms with Crippen LogP contribution in [0, 0.1) is 9.39 Å². The quantitative estimate of drug-likeness (QED) is 0.239. The van der Waals surface area contributed by atoms with Crippen LogP contribution in [0.1, 0.15) is 15.9 Å². The van der Waals surface area contributed by atoms with Crippen molar-refractivity contribution in [2.75, 3.05) is 4.72 Å². The summed E-state index contributed by atoms with van der Waals surface area (Å²) in [6.07, 6.45) is 6.16. The minimum atomic E-state index is -4.11. The number of benzene rings is 2. The third-order valence-electron chi connectivity index (χ3n) is 5.09. The van der Waals surface area contributed by atoms with Crippen LogP contribution in [0.25, 0.3) is 0 Å². The van der Waals surface area contributed by atoms with Gasteiger partial charge in [-0.3, -0.25) is 13.8 Å². The lowest BCUT2D eigenvalue weighted by atomic mass is 10.0. The summed E-state index contributed by atoms with van der Waals surface area (Å²) in [6.45, 7) is 0. The number of amides is 1. The van der Waals surface area contributed by atoms with Gasteiger partial charge >= 0.3 is 5.97 Å². The van der Waals surface area contributed by atoms with Gasteiger partial charge in [0.2, 0.25) is 0 Å². The van der Waals surface area contributed by atoms with Crippen LogP contribution < -0.4 is 14.8 Å². The number of halogens is 3. The number of anilines is 1. The molecule has 1 atom stereocenters. The van der Waals surface area contributed by atoms with Crippen LogP contribution in [-0.4, -0.2) is 35.7 Å². The normalized spacial score (nSPS) is 15.4. The third-order valence-corrected chi connectivity index (χ3v) is 8.52. The van der Waals surface area contributed by atoms with E-state index in [1.165, 1.54) is 48.5 Å². The van der Waals surface area contributed by atoms with E-state index >= 15 is 0 Å². The Balaban J connectivity index is 1.59. The van der Waals surface area contributed by atoms with Crippen molar-refractivity contribution in [2.24, 2.45) is 0 Å². The Labute approximate surface area is 232 Å². The molecule has 9 nitrogen and oxygen atoms in total. The number of carboxylic acid groups (broad SMARTS) is 1. The average molecular weight is 707 g/mol. The highest BCUT2D eigenvalue weighted by molar-refractivity contribution is 14.1. The second kappa shape index (κ2) is 10.8. The maximum atomic E-state index is 13.5. The number of hydrogen-bond acceptors (Lipinski definition) is 7. The van der Waals surface area contributed by atoms with Crippen LogP contribution in [0.5, 0.6) is 0 Å². The summed E-state index contributed by atoms with van der Waals surface area (Å²) in [6, 6.07) is 7.20. The van der Waals surface area contributed by atoms with Crippen LogP contribution in [0.15, 0.2) is 76.0 Å². The van der Waals surface area contributed by atoms with E-state index in [1.807, 2.05) is 22.6 Å². The van der Waals surface area contributed by atoms with Gasteiger partial charge in [0.05, 0.1) is 33.6 Å². The van der Waals surface area contributed by atoms with Crippen molar-refractivity contribution in [1.82, 2.24) is 14.3 Å². The van der Waals surface area contributed by atoms with Crippen molar-refractivity contribution < 1.29 is 27.5 Å². The molecule has 0 spiro atoms. The fraction of sp³-hybridized carbons (Fsp3) is 0.0909. The van der Waals surface area contributed by atoms with E-state index in [1.54, 1.807) is 28.8 Å². The lowest BCUT2D eigenvalue weighted by molar-refractivity contribution is -0.139. The smallest absolute Gasteiger partial charge is 0.326 e. The summed E-state index contributed by atoms with van der Waals surface area (Å²) >= 11 is 6.24. The van der Waals surface area contributed by atoms with E-state index in [2.05, 4.69) is 30.7 Å². The number of hydrogen-bond donors (Lipinski definition) is 4. The largest absolute Gasteiger partial charge is 0.480 e. The molecule has 2 heterocycles. The number of allylic oxidation sites excluding steroid dienone is 2. The zero-order valence-electron chi connectivity index (χ0n) is 18.0. The fourth-order valence-corrected chi connectivity index (χ4v) is 6.29. The number of nitrogens with one attached hydrogen (secondary N) is 3. The van der Waals surface area contributed by atoms with Gasteiger partial charge in [-0.05, 0) is 86.6 Å². The molecule has 0 radical (unpaired) electrons. The number of nitrogens with zero attached hydrogens (tertiary/aromatic N) is 1. The van der Waals surface area contributed by atoms with Crippen molar-refractivity contribution >= 4 is 78.2 Å². The molecule has 4 N–H and O–H groups in total. The molecule has 2 aliphatic heterocycles. The zero-order valence-corrected chi connectivity index (χ0v) is 23.4. The topological polar surface area (TPSA) is 128 Å². The molecule has 0 bridgehead atoms. The van der Waals surface area contributed by atoms with Crippen molar-refractivity contribution in [3.05, 3.63) is 96.5 Å². The Morgan fingerprint density at radius 3 is 2.75 bits per heavy atom. The molecule has 36 heavy (non-hydrogen) atoms. The highest BCUT2D eigenvalue weighted by Gasteiger charge is 2.31. The second-order valence-corrected chi connectivity index (χ2v) is 12.1. The molecule has 0 fully saturated rings. The van der Waals surface area contributed by atoms with Gasteiger partial charge in [0.15, 0.2) is 0 Å². The third kappa shape index (κ3) is 5.87. The molecule has 4 rings (SSSR count). The minimum Gasteiger partial charge on any atom is -0.480 e. The van der Waals surface area contributed by atoms with Crippen LogP contribution in [0.2, 0.25) is 0 Å².